The zero-order valence-electron chi connectivity index (χ0n) is 10.6. The molecule has 1 fully saturated rings. The van der Waals surface area contributed by atoms with E-state index in [1.165, 1.54) is 31.7 Å². The third kappa shape index (κ3) is 3.34. The van der Waals surface area contributed by atoms with E-state index in [-0.39, 0.29) is 5.09 Å². The van der Waals surface area contributed by atoms with Crippen molar-refractivity contribution in [1.82, 2.24) is 5.32 Å². The lowest BCUT2D eigenvalue weighted by atomic mass is 10.00. The molecule has 1 atom stereocenters. The van der Waals surface area contributed by atoms with Gasteiger partial charge in [0.25, 0.3) is 10.0 Å². The van der Waals surface area contributed by atoms with Gasteiger partial charge in [0.15, 0.2) is 0 Å². The highest BCUT2D eigenvalue weighted by Gasteiger charge is 2.21. The van der Waals surface area contributed by atoms with Crippen molar-refractivity contribution in [2.75, 3.05) is 0 Å². The highest BCUT2D eigenvalue weighted by Crippen LogP contribution is 2.27. The Morgan fingerprint density at radius 2 is 2.11 bits per heavy atom. The Morgan fingerprint density at radius 3 is 2.67 bits per heavy atom. The smallest absolute Gasteiger partial charge is 0.271 e. The van der Waals surface area contributed by atoms with Crippen LogP contribution < -0.4 is 10.5 Å². The molecule has 1 aliphatic carbocycles. The van der Waals surface area contributed by atoms with Crippen molar-refractivity contribution in [2.45, 2.75) is 50.3 Å². The fourth-order valence-electron chi connectivity index (χ4n) is 2.49. The predicted molar refractivity (Wildman–Crippen MR) is 68.3 cm³/mol. The molecule has 1 heterocycles. The van der Waals surface area contributed by atoms with E-state index in [1.54, 1.807) is 6.07 Å². The standard InChI is InChI=1S/C12H20N2O3S/c1-9(10-4-2-3-5-10)14-8-11-6-7-12(17-11)18(13,15)16/h6-7,9-10,14H,2-5,8H2,1H3,(H2,13,15,16). The van der Waals surface area contributed by atoms with Crippen molar-refractivity contribution in [3.05, 3.63) is 17.9 Å². The molecule has 1 unspecified atom stereocenters. The molecule has 0 spiro atoms. The summed E-state index contributed by atoms with van der Waals surface area (Å²) < 4.78 is 27.3. The van der Waals surface area contributed by atoms with Crippen LogP contribution in [0.15, 0.2) is 21.6 Å². The van der Waals surface area contributed by atoms with Gasteiger partial charge in [0.2, 0.25) is 5.09 Å². The molecule has 0 saturated heterocycles. The summed E-state index contributed by atoms with van der Waals surface area (Å²) >= 11 is 0. The number of hydrogen-bond acceptors (Lipinski definition) is 4. The Hall–Kier alpha value is -0.850. The third-order valence-electron chi connectivity index (χ3n) is 3.62. The molecule has 0 radical (unpaired) electrons. The van der Waals surface area contributed by atoms with E-state index >= 15 is 0 Å². The van der Waals surface area contributed by atoms with Gasteiger partial charge in [-0.1, -0.05) is 12.8 Å². The second-order valence-corrected chi connectivity index (χ2v) is 6.47. The van der Waals surface area contributed by atoms with Crippen LogP contribution in [0.1, 0.15) is 38.4 Å². The van der Waals surface area contributed by atoms with E-state index in [4.69, 9.17) is 9.56 Å². The molecule has 5 nitrogen and oxygen atoms in total. The number of nitrogens with two attached hydrogens (primary N) is 1. The first-order valence-electron chi connectivity index (χ1n) is 6.32. The lowest BCUT2D eigenvalue weighted by molar-refractivity contribution is 0.347. The molecule has 0 amide bonds. The summed E-state index contributed by atoms with van der Waals surface area (Å²) in [6.45, 7) is 2.70. The number of hydrogen-bond donors (Lipinski definition) is 2. The summed E-state index contributed by atoms with van der Waals surface area (Å²) in [5, 5.41) is 8.19. The zero-order valence-corrected chi connectivity index (χ0v) is 11.4. The topological polar surface area (TPSA) is 85.3 Å². The monoisotopic (exact) mass is 272 g/mol. The van der Waals surface area contributed by atoms with Crippen LogP contribution in [0.3, 0.4) is 0 Å². The van der Waals surface area contributed by atoms with Crippen molar-refractivity contribution in [3.8, 4) is 0 Å². The molecule has 0 bridgehead atoms. The first-order chi connectivity index (χ1) is 8.47. The van der Waals surface area contributed by atoms with Gasteiger partial charge < -0.3 is 9.73 Å². The van der Waals surface area contributed by atoms with Crippen LogP contribution >= 0.6 is 0 Å². The Bertz CT molecular complexity index is 489. The molecule has 6 heteroatoms. The molecular formula is C12H20N2O3S. The Morgan fingerprint density at radius 1 is 1.44 bits per heavy atom. The molecular weight excluding hydrogens is 252 g/mol. The van der Waals surface area contributed by atoms with Crippen molar-refractivity contribution in [2.24, 2.45) is 11.1 Å². The molecule has 1 saturated carbocycles. The van der Waals surface area contributed by atoms with Crippen LogP contribution in [0.5, 0.6) is 0 Å². The summed E-state index contributed by atoms with van der Waals surface area (Å²) in [6.07, 6.45) is 5.17. The van der Waals surface area contributed by atoms with E-state index in [9.17, 15) is 8.42 Å². The summed E-state index contributed by atoms with van der Waals surface area (Å²) in [6, 6.07) is 3.47. The Kier molecular flexibility index (Phi) is 4.09. The van der Waals surface area contributed by atoms with Crippen LogP contribution in [0.4, 0.5) is 0 Å². The second-order valence-electron chi connectivity index (χ2n) is 4.98. The number of furan rings is 1. The molecule has 2 rings (SSSR count). The Balaban J connectivity index is 1.88. The maximum absolute atomic E-state index is 11.1. The number of rotatable bonds is 5. The maximum Gasteiger partial charge on any atom is 0.271 e. The number of nitrogens with one attached hydrogen (secondary N) is 1. The highest BCUT2D eigenvalue weighted by atomic mass is 32.2. The lowest BCUT2D eigenvalue weighted by Crippen LogP contribution is -2.31. The molecule has 0 aliphatic heterocycles. The highest BCUT2D eigenvalue weighted by molar-refractivity contribution is 7.89. The van der Waals surface area contributed by atoms with Gasteiger partial charge in [0.1, 0.15) is 5.76 Å². The van der Waals surface area contributed by atoms with Crippen LogP contribution in [0.2, 0.25) is 0 Å². The minimum atomic E-state index is -3.73. The maximum atomic E-state index is 11.1. The van der Waals surface area contributed by atoms with Gasteiger partial charge in [0, 0.05) is 6.04 Å². The molecule has 1 aliphatic rings. The quantitative estimate of drug-likeness (QED) is 0.852. The van der Waals surface area contributed by atoms with E-state index < -0.39 is 10.0 Å². The molecule has 1 aromatic heterocycles. The third-order valence-corrected chi connectivity index (χ3v) is 4.40. The van der Waals surface area contributed by atoms with Gasteiger partial charge in [0.05, 0.1) is 6.54 Å². The first-order valence-corrected chi connectivity index (χ1v) is 7.86. The Labute approximate surface area is 108 Å². The molecule has 102 valence electrons. The molecule has 18 heavy (non-hydrogen) atoms. The van der Waals surface area contributed by atoms with Gasteiger partial charge in [-0.2, -0.15) is 0 Å². The fraction of sp³-hybridized carbons (Fsp3) is 0.667. The minimum Gasteiger partial charge on any atom is -0.447 e. The van der Waals surface area contributed by atoms with Crippen LogP contribution in [-0.4, -0.2) is 14.5 Å². The van der Waals surface area contributed by atoms with Gasteiger partial charge in [-0.3, -0.25) is 0 Å². The van der Waals surface area contributed by atoms with Gasteiger partial charge in [-0.25, -0.2) is 13.6 Å². The van der Waals surface area contributed by atoms with Gasteiger partial charge in [-0.15, -0.1) is 0 Å². The summed E-state index contributed by atoms with van der Waals surface area (Å²) in [5.74, 6) is 1.32. The molecule has 0 aromatic carbocycles. The number of sulfonamides is 1. The number of primary sulfonamides is 1. The van der Waals surface area contributed by atoms with Gasteiger partial charge in [-0.05, 0) is 37.8 Å². The lowest BCUT2D eigenvalue weighted by Gasteiger charge is -2.19. The summed E-state index contributed by atoms with van der Waals surface area (Å²) in [5.41, 5.74) is 0. The second kappa shape index (κ2) is 5.42. The van der Waals surface area contributed by atoms with E-state index in [2.05, 4.69) is 12.2 Å². The average molecular weight is 272 g/mol. The van der Waals surface area contributed by atoms with Crippen LogP contribution in [0, 0.1) is 5.92 Å². The SMILES string of the molecule is CC(NCc1ccc(S(N)(=O)=O)o1)C1CCCC1. The van der Waals surface area contributed by atoms with Crippen molar-refractivity contribution in [1.29, 1.82) is 0 Å². The van der Waals surface area contributed by atoms with E-state index in [1.807, 2.05) is 0 Å². The summed E-state index contributed by atoms with van der Waals surface area (Å²) in [7, 11) is -3.73. The normalized spacial score (nSPS) is 19.2. The van der Waals surface area contributed by atoms with E-state index in [0.717, 1.165) is 5.92 Å². The molecule has 3 N–H and O–H groups in total. The van der Waals surface area contributed by atoms with Crippen molar-refractivity contribution >= 4 is 10.0 Å². The van der Waals surface area contributed by atoms with Crippen molar-refractivity contribution < 1.29 is 12.8 Å². The van der Waals surface area contributed by atoms with Crippen LogP contribution in [-0.2, 0) is 16.6 Å². The first kappa shape index (κ1) is 13.6. The zero-order chi connectivity index (χ0) is 13.2. The molecule has 1 aromatic rings. The summed E-state index contributed by atoms with van der Waals surface area (Å²) in [4.78, 5) is 0. The van der Waals surface area contributed by atoms with Gasteiger partial charge >= 0.3 is 0 Å². The van der Waals surface area contributed by atoms with Crippen LogP contribution in [0.25, 0.3) is 0 Å². The van der Waals surface area contributed by atoms with E-state index in [0.29, 0.717) is 18.3 Å². The average Bonchev–Trinajstić information content (AvgIpc) is 2.96. The largest absolute Gasteiger partial charge is 0.447 e. The van der Waals surface area contributed by atoms with Crippen molar-refractivity contribution in [3.63, 3.8) is 0 Å². The fourth-order valence-corrected chi connectivity index (χ4v) is 2.97. The predicted octanol–water partition coefficient (Wildman–Crippen LogP) is 1.60. The minimum absolute atomic E-state index is 0.173.